The van der Waals surface area contributed by atoms with Gasteiger partial charge in [-0.05, 0) is 69.1 Å². The average Bonchev–Trinajstić information content (AvgIpc) is 3.83. The monoisotopic (exact) mass is 733 g/mol. The number of hydrogen-bond donors (Lipinski definition) is 3. The molecule has 2 amide bonds. The van der Waals surface area contributed by atoms with Crippen LogP contribution in [0.1, 0.15) is 58.9 Å². The van der Waals surface area contributed by atoms with Crippen LogP contribution in [0.4, 0.5) is 9.59 Å². The third-order valence-electron chi connectivity index (χ3n) is 9.17. The number of sulfonamides is 1. The number of nitrogens with zero attached hydrogens (tertiary/aromatic N) is 1. The van der Waals surface area contributed by atoms with Gasteiger partial charge in [-0.3, -0.25) is 0 Å². The molecule has 282 valence electrons. The number of nitrogens with one attached hydrogen (secondary N) is 2. The summed E-state index contributed by atoms with van der Waals surface area (Å²) >= 11 is 0. The Morgan fingerprint density at radius 3 is 2.55 bits per heavy atom. The first kappa shape index (κ1) is 38.6. The minimum atomic E-state index is -4.19. The maximum absolute atomic E-state index is 14.3. The summed E-state index contributed by atoms with van der Waals surface area (Å²) in [5.74, 6) is 0.690. The van der Waals surface area contributed by atoms with Crippen molar-refractivity contribution in [2.45, 2.75) is 95.3 Å². The van der Waals surface area contributed by atoms with Crippen molar-refractivity contribution in [1.82, 2.24) is 14.9 Å². The number of carbonyl (C=O) groups excluding carboxylic acids is 2. The third kappa shape index (κ3) is 10.7. The number of aliphatic hydroxyl groups excluding tert-OH is 1. The first-order valence-electron chi connectivity index (χ1n) is 17.6. The van der Waals surface area contributed by atoms with E-state index in [9.17, 15) is 23.1 Å². The summed E-state index contributed by atoms with van der Waals surface area (Å²) < 4.78 is 63.0. The molecule has 3 aliphatic heterocycles. The lowest BCUT2D eigenvalue weighted by molar-refractivity contribution is -0.0907. The Kier molecular flexibility index (Phi) is 13.1. The van der Waals surface area contributed by atoms with Crippen LogP contribution in [-0.4, -0.2) is 100 Å². The van der Waals surface area contributed by atoms with Crippen molar-refractivity contribution >= 4 is 22.2 Å². The molecule has 5 atom stereocenters. The van der Waals surface area contributed by atoms with Gasteiger partial charge in [0.2, 0.25) is 16.8 Å². The summed E-state index contributed by atoms with van der Waals surface area (Å²) in [6.07, 6.45) is -0.621. The minimum absolute atomic E-state index is 0.0124. The summed E-state index contributed by atoms with van der Waals surface area (Å²) in [5, 5.41) is 17.3. The van der Waals surface area contributed by atoms with E-state index in [4.69, 9.17) is 28.4 Å². The maximum Gasteiger partial charge on any atom is 0.407 e. The molecule has 0 aromatic heterocycles. The Hall–Kier alpha value is -3.63. The molecule has 3 N–H and O–H groups in total. The number of amides is 2. The lowest BCUT2D eigenvalue weighted by atomic mass is 9.87. The fourth-order valence-corrected chi connectivity index (χ4v) is 8.16. The summed E-state index contributed by atoms with van der Waals surface area (Å²) in [5.41, 5.74) is 0.289. The van der Waals surface area contributed by atoms with Gasteiger partial charge in [-0.2, -0.15) is 4.31 Å². The van der Waals surface area contributed by atoms with E-state index in [0.717, 1.165) is 5.56 Å². The summed E-state index contributed by atoms with van der Waals surface area (Å²) in [4.78, 5) is 25.1. The van der Waals surface area contributed by atoms with E-state index >= 15 is 0 Å². The van der Waals surface area contributed by atoms with Crippen molar-refractivity contribution in [3.05, 3.63) is 54.1 Å². The van der Waals surface area contributed by atoms with Gasteiger partial charge in [-0.1, -0.05) is 44.2 Å². The Labute approximate surface area is 300 Å². The molecule has 0 saturated carbocycles. The van der Waals surface area contributed by atoms with E-state index in [1.807, 2.05) is 58.0 Å². The molecule has 2 aromatic rings. The highest BCUT2D eigenvalue weighted by Gasteiger charge is 2.44. The Balaban J connectivity index is 1.31. The molecule has 0 aliphatic carbocycles. The number of ether oxygens (including phenoxy) is 6. The molecule has 2 saturated heterocycles. The van der Waals surface area contributed by atoms with E-state index in [1.54, 1.807) is 6.07 Å². The van der Waals surface area contributed by atoms with Gasteiger partial charge in [0.05, 0.1) is 42.8 Å². The van der Waals surface area contributed by atoms with E-state index in [1.165, 1.54) is 16.4 Å². The number of benzene rings is 2. The van der Waals surface area contributed by atoms with E-state index in [-0.39, 0.29) is 56.4 Å². The molecule has 0 unspecified atom stereocenters. The van der Waals surface area contributed by atoms with Gasteiger partial charge in [-0.15, -0.1) is 0 Å². The third-order valence-corrected chi connectivity index (χ3v) is 11.0. The number of unbranched alkanes of at least 4 members (excludes halogenated alkanes) is 1. The van der Waals surface area contributed by atoms with Gasteiger partial charge in [0.1, 0.15) is 6.10 Å². The zero-order chi connectivity index (χ0) is 36.6. The SMILES string of the molecule is CC(C)NC(=O)OCCCCC(C)(C)CN(C[C@@H](O)[C@H](Cc1ccccc1)NC(=O)O[C@H]1CO[C@H]2OCC[C@H]21)S(=O)(=O)c1ccc2c(c1)OCO2. The first-order chi connectivity index (χ1) is 24.3. The van der Waals surface area contributed by atoms with Crippen LogP contribution < -0.4 is 20.1 Å². The molecule has 5 rings (SSSR count). The number of carbonyl (C=O) groups is 2. The van der Waals surface area contributed by atoms with Gasteiger partial charge < -0.3 is 44.2 Å². The molecule has 0 spiro atoms. The van der Waals surface area contributed by atoms with Crippen molar-refractivity contribution in [3.8, 4) is 11.5 Å². The van der Waals surface area contributed by atoms with Crippen LogP contribution >= 0.6 is 0 Å². The fourth-order valence-electron chi connectivity index (χ4n) is 6.50. The Bertz CT molecular complexity index is 1570. The molecular weight excluding hydrogens is 682 g/mol. The lowest BCUT2D eigenvalue weighted by Crippen LogP contribution is -2.52. The summed E-state index contributed by atoms with van der Waals surface area (Å²) in [7, 11) is -4.19. The van der Waals surface area contributed by atoms with E-state index in [0.29, 0.717) is 43.8 Å². The van der Waals surface area contributed by atoms with Gasteiger partial charge in [0.25, 0.3) is 0 Å². The second-order valence-corrected chi connectivity index (χ2v) is 16.3. The standard InChI is InChI=1S/C36H51N3O11S/c1-24(2)37-34(41)46-16-9-8-15-36(3,4)22-39(51(43,44)26-12-13-30-31(19-26)49-23-48-30)20-29(40)28(18-25-10-6-5-7-11-25)38-35(42)50-32-21-47-33-27(32)14-17-45-33/h5-7,10-13,19,24,27-29,32-33,40H,8-9,14-18,20-23H2,1-4H3,(H,37,41)(H,38,42)/t27-,28-,29+,32-,33+/m0/s1. The van der Waals surface area contributed by atoms with Crippen molar-refractivity contribution in [2.24, 2.45) is 11.3 Å². The normalized spacial score (nSPS) is 21.0. The van der Waals surface area contributed by atoms with Crippen molar-refractivity contribution in [1.29, 1.82) is 0 Å². The molecule has 15 heteroatoms. The smallest absolute Gasteiger partial charge is 0.407 e. The molecule has 2 aromatic carbocycles. The second kappa shape index (κ2) is 17.3. The molecule has 2 fully saturated rings. The second-order valence-electron chi connectivity index (χ2n) is 14.3. The lowest BCUT2D eigenvalue weighted by Gasteiger charge is -2.35. The van der Waals surface area contributed by atoms with Crippen LogP contribution in [0.5, 0.6) is 11.5 Å². The van der Waals surface area contributed by atoms with Crippen molar-refractivity contribution in [2.75, 3.05) is 39.7 Å². The first-order valence-corrected chi connectivity index (χ1v) is 19.0. The van der Waals surface area contributed by atoms with Crippen molar-refractivity contribution in [3.63, 3.8) is 0 Å². The van der Waals surface area contributed by atoms with Crippen molar-refractivity contribution < 1.29 is 51.5 Å². The fraction of sp³-hybridized carbons (Fsp3) is 0.611. The summed E-state index contributed by atoms with van der Waals surface area (Å²) in [6, 6.07) is 12.8. The number of alkyl carbamates (subject to hydrolysis) is 2. The topological polar surface area (TPSA) is 171 Å². The molecule has 51 heavy (non-hydrogen) atoms. The Morgan fingerprint density at radius 1 is 1.02 bits per heavy atom. The maximum atomic E-state index is 14.3. The van der Waals surface area contributed by atoms with Gasteiger partial charge in [0, 0.05) is 25.2 Å². The van der Waals surface area contributed by atoms with Crippen LogP contribution in [0.25, 0.3) is 0 Å². The van der Waals surface area contributed by atoms with E-state index < -0.39 is 52.2 Å². The van der Waals surface area contributed by atoms with Crippen LogP contribution in [0.3, 0.4) is 0 Å². The van der Waals surface area contributed by atoms with Gasteiger partial charge >= 0.3 is 12.2 Å². The van der Waals surface area contributed by atoms with Crippen LogP contribution in [0.2, 0.25) is 0 Å². The van der Waals surface area contributed by atoms with E-state index in [2.05, 4.69) is 10.6 Å². The number of fused-ring (bicyclic) bond motifs is 2. The quantitative estimate of drug-likeness (QED) is 0.199. The molecule has 14 nitrogen and oxygen atoms in total. The Morgan fingerprint density at radius 2 is 1.78 bits per heavy atom. The van der Waals surface area contributed by atoms with Crippen LogP contribution in [0.15, 0.2) is 53.4 Å². The van der Waals surface area contributed by atoms with Gasteiger partial charge in [0.15, 0.2) is 17.8 Å². The molecule has 0 bridgehead atoms. The number of rotatable bonds is 17. The van der Waals surface area contributed by atoms with Crippen LogP contribution in [-0.2, 0) is 35.4 Å². The zero-order valence-electron chi connectivity index (χ0n) is 29.7. The minimum Gasteiger partial charge on any atom is -0.454 e. The largest absolute Gasteiger partial charge is 0.454 e. The predicted octanol–water partition coefficient (Wildman–Crippen LogP) is 4.20. The summed E-state index contributed by atoms with van der Waals surface area (Å²) in [6.45, 7) is 8.30. The number of aliphatic hydroxyl groups is 1. The predicted molar refractivity (Wildman–Crippen MR) is 186 cm³/mol. The highest BCUT2D eigenvalue weighted by molar-refractivity contribution is 7.89. The highest BCUT2D eigenvalue weighted by atomic mass is 32.2. The average molecular weight is 734 g/mol. The van der Waals surface area contributed by atoms with Crippen LogP contribution in [0, 0.1) is 11.3 Å². The van der Waals surface area contributed by atoms with Gasteiger partial charge in [-0.25, -0.2) is 18.0 Å². The number of hydrogen-bond acceptors (Lipinski definition) is 11. The molecule has 3 heterocycles. The molecule has 3 aliphatic rings. The molecular formula is C36H51N3O11S. The highest BCUT2D eigenvalue weighted by Crippen LogP contribution is 2.36. The molecule has 0 radical (unpaired) electrons. The zero-order valence-corrected chi connectivity index (χ0v) is 30.6.